The van der Waals surface area contributed by atoms with Crippen molar-refractivity contribution in [3.05, 3.63) is 205 Å². The molecule has 3 heteroatoms. The predicted octanol–water partition coefficient (Wildman–Crippen LogP) is 15.0. The summed E-state index contributed by atoms with van der Waals surface area (Å²) in [4.78, 5) is 4.77. The van der Waals surface area contributed by atoms with Crippen LogP contribution in [0, 0.1) is 0 Å². The molecule has 56 heavy (non-hydrogen) atoms. The molecule has 2 aliphatic heterocycles. The molecule has 0 fully saturated rings. The molecule has 266 valence electrons. The Balaban J connectivity index is 1.12. The first kappa shape index (κ1) is 32.3. The van der Waals surface area contributed by atoms with Crippen LogP contribution in [0.5, 0.6) is 11.5 Å². The van der Waals surface area contributed by atoms with Crippen LogP contribution in [0.25, 0.3) is 43.8 Å². The Morgan fingerprint density at radius 2 is 1.11 bits per heavy atom. The molecule has 2 aliphatic rings. The molecule has 9 aromatic rings. The topological polar surface area (TPSA) is 15.7 Å². The van der Waals surface area contributed by atoms with Crippen LogP contribution in [0.3, 0.4) is 0 Å². The van der Waals surface area contributed by atoms with E-state index in [0.717, 1.165) is 39.9 Å². The largest absolute Gasteiger partial charge is 0.451 e. The summed E-state index contributed by atoms with van der Waals surface area (Å²) in [7, 11) is 0. The Kier molecular flexibility index (Phi) is 7.20. The fourth-order valence-corrected chi connectivity index (χ4v) is 9.08. The molecule has 0 radical (unpaired) electrons. The van der Waals surface area contributed by atoms with Crippen LogP contribution < -0.4 is 14.5 Å². The normalized spacial score (nSPS) is 13.4. The number of rotatable bonds is 5. The summed E-state index contributed by atoms with van der Waals surface area (Å²) in [6, 6.07) is 70.0. The molecule has 0 bridgehead atoms. The van der Waals surface area contributed by atoms with Gasteiger partial charge in [0.1, 0.15) is 0 Å². The van der Waals surface area contributed by atoms with E-state index in [9.17, 15) is 0 Å². The van der Waals surface area contributed by atoms with E-state index in [-0.39, 0.29) is 5.41 Å². The zero-order valence-electron chi connectivity index (χ0n) is 31.3. The quantitative estimate of drug-likeness (QED) is 0.165. The third-order valence-electron chi connectivity index (χ3n) is 11.8. The van der Waals surface area contributed by atoms with E-state index in [0.29, 0.717) is 0 Å². The molecular weight excluding hydrogens is 681 g/mol. The van der Waals surface area contributed by atoms with E-state index in [1.165, 1.54) is 60.6 Å². The van der Waals surface area contributed by atoms with Gasteiger partial charge >= 0.3 is 0 Å². The van der Waals surface area contributed by atoms with Gasteiger partial charge in [-0.2, -0.15) is 0 Å². The Labute approximate surface area is 327 Å². The second-order valence-electron chi connectivity index (χ2n) is 15.3. The number of nitrogens with zero attached hydrogens (tertiary/aromatic N) is 2. The number of anilines is 6. The highest BCUT2D eigenvalue weighted by atomic mass is 16.5. The summed E-state index contributed by atoms with van der Waals surface area (Å²) in [6.45, 7) is 4.68. The molecule has 0 saturated heterocycles. The highest BCUT2D eigenvalue weighted by Crippen LogP contribution is 2.62. The fourth-order valence-electron chi connectivity index (χ4n) is 9.08. The lowest BCUT2D eigenvalue weighted by atomic mass is 9.72. The van der Waals surface area contributed by atoms with E-state index in [1.54, 1.807) is 0 Å². The van der Waals surface area contributed by atoms with Crippen molar-refractivity contribution in [3.63, 3.8) is 0 Å². The van der Waals surface area contributed by atoms with Gasteiger partial charge in [0.05, 0.1) is 22.7 Å². The van der Waals surface area contributed by atoms with Gasteiger partial charge in [0.25, 0.3) is 0 Å². The maximum absolute atomic E-state index is 7.12. The highest BCUT2D eigenvalue weighted by Gasteiger charge is 2.42. The van der Waals surface area contributed by atoms with E-state index in [1.807, 2.05) is 0 Å². The van der Waals surface area contributed by atoms with Gasteiger partial charge in [-0.25, -0.2) is 0 Å². The first-order valence-corrected chi connectivity index (χ1v) is 19.4. The van der Waals surface area contributed by atoms with Crippen LogP contribution in [0.15, 0.2) is 194 Å². The summed E-state index contributed by atoms with van der Waals surface area (Å²) in [5.41, 5.74) is 13.5. The lowest BCUT2D eigenvalue weighted by molar-refractivity contribution is 0.472. The van der Waals surface area contributed by atoms with Gasteiger partial charge < -0.3 is 14.5 Å². The molecule has 0 unspecified atom stereocenters. The van der Waals surface area contributed by atoms with Crippen molar-refractivity contribution in [1.29, 1.82) is 0 Å². The highest BCUT2D eigenvalue weighted by molar-refractivity contribution is 6.14. The number of fused-ring (bicyclic) bond motifs is 7. The first-order chi connectivity index (χ1) is 27.5. The summed E-state index contributed by atoms with van der Waals surface area (Å²) in [5.74, 6) is 1.68. The molecule has 0 atom stereocenters. The van der Waals surface area contributed by atoms with E-state index < -0.39 is 0 Å². The number of benzene rings is 9. The smallest absolute Gasteiger partial charge is 0.175 e. The summed E-state index contributed by atoms with van der Waals surface area (Å²) in [5, 5.41) is 5.04. The van der Waals surface area contributed by atoms with Crippen LogP contribution >= 0.6 is 0 Å². The van der Waals surface area contributed by atoms with E-state index >= 15 is 0 Å². The van der Waals surface area contributed by atoms with Crippen molar-refractivity contribution in [2.45, 2.75) is 19.3 Å². The lowest BCUT2D eigenvalue weighted by Gasteiger charge is -2.45. The second kappa shape index (κ2) is 12.5. The van der Waals surface area contributed by atoms with Gasteiger partial charge in [0.2, 0.25) is 0 Å². The Hall–Kier alpha value is -7.10. The zero-order chi connectivity index (χ0) is 37.4. The van der Waals surface area contributed by atoms with Crippen molar-refractivity contribution in [1.82, 2.24) is 0 Å². The summed E-state index contributed by atoms with van der Waals surface area (Å²) < 4.78 is 7.12. The van der Waals surface area contributed by atoms with Crippen molar-refractivity contribution in [2.75, 3.05) is 9.80 Å². The molecule has 11 rings (SSSR count). The molecule has 9 aromatic carbocycles. The van der Waals surface area contributed by atoms with Crippen molar-refractivity contribution < 1.29 is 4.74 Å². The van der Waals surface area contributed by atoms with Crippen LogP contribution in [0.4, 0.5) is 34.1 Å². The zero-order valence-corrected chi connectivity index (χ0v) is 31.3. The lowest BCUT2D eigenvalue weighted by Crippen LogP contribution is -2.32. The third-order valence-corrected chi connectivity index (χ3v) is 11.8. The number of para-hydroxylation sites is 3. The second-order valence-corrected chi connectivity index (χ2v) is 15.3. The average molecular weight is 719 g/mol. The third kappa shape index (κ3) is 4.91. The van der Waals surface area contributed by atoms with Crippen LogP contribution in [0.1, 0.15) is 25.0 Å². The van der Waals surface area contributed by atoms with Gasteiger partial charge in [-0.3, -0.25) is 0 Å². The van der Waals surface area contributed by atoms with Gasteiger partial charge in [-0.05, 0) is 110 Å². The number of hydrogen-bond donors (Lipinski definition) is 0. The average Bonchev–Trinajstić information content (AvgIpc) is 3.26. The minimum absolute atomic E-state index is 0.254. The Morgan fingerprint density at radius 1 is 0.464 bits per heavy atom. The van der Waals surface area contributed by atoms with Crippen LogP contribution in [-0.4, -0.2) is 0 Å². The van der Waals surface area contributed by atoms with Gasteiger partial charge in [0, 0.05) is 16.8 Å². The minimum Gasteiger partial charge on any atom is -0.451 e. The van der Waals surface area contributed by atoms with Crippen LogP contribution in [-0.2, 0) is 5.41 Å². The SMILES string of the molecule is CC1(C)c2ccc(-c3cc4ccccc4c4ccccc34)cc2N2c3cccc(N(c4ccccc4)c4ccc(-c5ccccc5)cc4)c3Oc3cccc1c32. The van der Waals surface area contributed by atoms with E-state index in [2.05, 4.69) is 218 Å². The fraction of sp³-hybridized carbons (Fsp3) is 0.0566. The van der Waals surface area contributed by atoms with Gasteiger partial charge in [-0.1, -0.05) is 153 Å². The molecule has 0 aromatic heterocycles. The predicted molar refractivity (Wildman–Crippen MR) is 234 cm³/mol. The number of hydrogen-bond acceptors (Lipinski definition) is 3. The van der Waals surface area contributed by atoms with Crippen molar-refractivity contribution in [2.24, 2.45) is 0 Å². The maximum atomic E-state index is 7.12. The van der Waals surface area contributed by atoms with Crippen molar-refractivity contribution in [3.8, 4) is 33.8 Å². The molecule has 2 heterocycles. The summed E-state index contributed by atoms with van der Waals surface area (Å²) in [6.07, 6.45) is 0. The minimum atomic E-state index is -0.254. The molecule has 3 nitrogen and oxygen atoms in total. The van der Waals surface area contributed by atoms with E-state index in [4.69, 9.17) is 4.74 Å². The molecular formula is C53H38N2O. The molecule has 0 aliphatic carbocycles. The summed E-state index contributed by atoms with van der Waals surface area (Å²) >= 11 is 0. The molecule has 0 amide bonds. The number of ether oxygens (including phenoxy) is 1. The van der Waals surface area contributed by atoms with Crippen LogP contribution in [0.2, 0.25) is 0 Å². The maximum Gasteiger partial charge on any atom is 0.175 e. The Bertz CT molecular complexity index is 2970. The van der Waals surface area contributed by atoms with Gasteiger partial charge in [0.15, 0.2) is 11.5 Å². The Morgan fingerprint density at radius 3 is 1.91 bits per heavy atom. The standard InChI is InChI=1S/C53H38N2O/c1-53(2)45-32-29-38(44-33-37-17-9-10-20-41(37)42-21-11-12-22-43(42)44)34-49(45)55-48-25-14-24-47(52(48)56-50-26-13-23-46(53)51(50)55)54(39-18-7-4-8-19-39)40-30-27-36(28-31-40)35-15-5-3-6-16-35/h3-34H,1-2H3. The molecule has 0 N–H and O–H groups in total. The first-order valence-electron chi connectivity index (χ1n) is 19.4. The molecule has 0 spiro atoms. The molecule has 0 saturated carbocycles. The van der Waals surface area contributed by atoms with Crippen molar-refractivity contribution >= 4 is 55.7 Å². The monoisotopic (exact) mass is 718 g/mol. The van der Waals surface area contributed by atoms with Gasteiger partial charge in [-0.15, -0.1) is 0 Å².